The smallest absolute Gasteiger partial charge is 0.259 e. The molecule has 0 aromatic carbocycles. The Labute approximate surface area is 150 Å². The first-order valence-corrected chi connectivity index (χ1v) is 9.46. The van der Waals surface area contributed by atoms with E-state index in [0.717, 1.165) is 29.6 Å². The number of aromatic nitrogens is 4. The Kier molecular flexibility index (Phi) is 4.03. The molecular formula is C18H21N5OS. The molecule has 1 amide bonds. The van der Waals surface area contributed by atoms with E-state index in [4.69, 9.17) is 0 Å². The third kappa shape index (κ3) is 3.04. The summed E-state index contributed by atoms with van der Waals surface area (Å²) >= 11 is 1.59. The van der Waals surface area contributed by atoms with E-state index in [0.29, 0.717) is 16.6 Å². The van der Waals surface area contributed by atoms with Gasteiger partial charge in [-0.15, -0.1) is 11.3 Å². The van der Waals surface area contributed by atoms with Crippen LogP contribution < -0.4 is 5.32 Å². The van der Waals surface area contributed by atoms with Crippen molar-refractivity contribution in [3.63, 3.8) is 0 Å². The van der Waals surface area contributed by atoms with Gasteiger partial charge >= 0.3 is 0 Å². The Morgan fingerprint density at radius 2 is 2.24 bits per heavy atom. The van der Waals surface area contributed by atoms with Crippen molar-refractivity contribution < 1.29 is 4.79 Å². The molecule has 130 valence electrons. The molecule has 0 saturated heterocycles. The molecule has 0 radical (unpaired) electrons. The summed E-state index contributed by atoms with van der Waals surface area (Å²) in [5.74, 6) is 0.520. The number of anilines is 1. The van der Waals surface area contributed by atoms with Gasteiger partial charge in [-0.05, 0) is 45.1 Å². The van der Waals surface area contributed by atoms with Crippen molar-refractivity contribution in [1.82, 2.24) is 19.7 Å². The van der Waals surface area contributed by atoms with Gasteiger partial charge in [-0.1, -0.05) is 6.92 Å². The number of pyridine rings is 1. The monoisotopic (exact) mass is 355 g/mol. The number of nitrogens with zero attached hydrogens (tertiary/aromatic N) is 4. The summed E-state index contributed by atoms with van der Waals surface area (Å²) in [5, 5.41) is 8.82. The molecule has 0 spiro atoms. The molecule has 0 unspecified atom stereocenters. The zero-order valence-corrected chi connectivity index (χ0v) is 15.4. The minimum atomic E-state index is -0.175. The maximum absolute atomic E-state index is 12.6. The average molecular weight is 355 g/mol. The van der Waals surface area contributed by atoms with Gasteiger partial charge in [0.2, 0.25) is 0 Å². The van der Waals surface area contributed by atoms with Crippen LogP contribution in [0.4, 0.5) is 5.13 Å². The number of thiazole rings is 1. The number of nitrogens with one attached hydrogen (secondary N) is 1. The van der Waals surface area contributed by atoms with Gasteiger partial charge in [0.15, 0.2) is 10.8 Å². The Bertz CT molecular complexity index is 942. The van der Waals surface area contributed by atoms with Crippen molar-refractivity contribution in [3.05, 3.63) is 34.6 Å². The molecule has 1 aliphatic rings. The van der Waals surface area contributed by atoms with Crippen molar-refractivity contribution in [3.8, 4) is 0 Å². The lowest BCUT2D eigenvalue weighted by Gasteiger charge is -2.15. The third-order valence-electron chi connectivity index (χ3n) is 4.59. The van der Waals surface area contributed by atoms with Gasteiger partial charge in [-0.25, -0.2) is 14.6 Å². The summed E-state index contributed by atoms with van der Waals surface area (Å²) in [6.07, 6.45) is 6.59. The van der Waals surface area contributed by atoms with Gasteiger partial charge in [0.05, 0.1) is 17.5 Å². The molecule has 7 heteroatoms. The minimum Gasteiger partial charge on any atom is -0.298 e. The number of aryl methyl sites for hydroxylation is 1. The van der Waals surface area contributed by atoms with E-state index >= 15 is 0 Å². The molecule has 3 aromatic rings. The predicted octanol–water partition coefficient (Wildman–Crippen LogP) is 3.85. The third-order valence-corrected chi connectivity index (χ3v) is 5.63. The summed E-state index contributed by atoms with van der Waals surface area (Å²) in [7, 11) is 0. The lowest BCUT2D eigenvalue weighted by Crippen LogP contribution is -2.12. The van der Waals surface area contributed by atoms with E-state index in [1.165, 1.54) is 11.3 Å². The molecule has 3 heterocycles. The number of fused-ring (bicyclic) bond motifs is 2. The highest BCUT2D eigenvalue weighted by molar-refractivity contribution is 7.15. The number of carbonyl (C=O) groups excluding carboxylic acids is 1. The number of rotatable bonds is 3. The lowest BCUT2D eigenvalue weighted by atomic mass is 9.93. The van der Waals surface area contributed by atoms with Crippen molar-refractivity contribution >= 4 is 33.4 Å². The fourth-order valence-electron chi connectivity index (χ4n) is 3.20. The summed E-state index contributed by atoms with van der Waals surface area (Å²) < 4.78 is 1.85. The molecule has 4 rings (SSSR count). The second-order valence-corrected chi connectivity index (χ2v) is 8.09. The first kappa shape index (κ1) is 16.2. The van der Waals surface area contributed by atoms with Crippen LogP contribution >= 0.6 is 11.3 Å². The first-order valence-electron chi connectivity index (χ1n) is 8.64. The van der Waals surface area contributed by atoms with Crippen LogP contribution in [-0.2, 0) is 12.8 Å². The Morgan fingerprint density at radius 1 is 1.40 bits per heavy atom. The summed E-state index contributed by atoms with van der Waals surface area (Å²) in [4.78, 5) is 22.9. The van der Waals surface area contributed by atoms with Crippen LogP contribution in [0.25, 0.3) is 11.0 Å². The van der Waals surface area contributed by atoms with Crippen LogP contribution in [0, 0.1) is 5.92 Å². The second kappa shape index (κ2) is 6.22. The summed E-state index contributed by atoms with van der Waals surface area (Å²) in [6, 6.07) is 2.06. The minimum absolute atomic E-state index is 0.175. The van der Waals surface area contributed by atoms with Crippen LogP contribution in [0.15, 0.2) is 18.5 Å². The molecule has 3 aromatic heterocycles. The first-order chi connectivity index (χ1) is 12.0. The van der Waals surface area contributed by atoms with E-state index in [9.17, 15) is 4.79 Å². The van der Waals surface area contributed by atoms with Crippen LogP contribution in [0.3, 0.4) is 0 Å². The average Bonchev–Trinajstić information content (AvgIpc) is 3.16. The van der Waals surface area contributed by atoms with Crippen LogP contribution in [-0.4, -0.2) is 25.7 Å². The quantitative estimate of drug-likeness (QED) is 0.774. The van der Waals surface area contributed by atoms with Crippen LogP contribution in [0.2, 0.25) is 0 Å². The Balaban J connectivity index is 1.56. The highest BCUT2D eigenvalue weighted by Crippen LogP contribution is 2.32. The lowest BCUT2D eigenvalue weighted by molar-refractivity contribution is 0.102. The fourth-order valence-corrected chi connectivity index (χ4v) is 4.37. The molecule has 0 fully saturated rings. The molecule has 1 N–H and O–H groups in total. The van der Waals surface area contributed by atoms with Crippen molar-refractivity contribution in [1.29, 1.82) is 0 Å². The predicted molar refractivity (Wildman–Crippen MR) is 99.2 cm³/mol. The SMILES string of the molecule is CC(C)n1ncc2cc(C(=O)Nc3nc4c(s3)C[C@H](C)CC4)cnc21. The molecule has 1 aliphatic carbocycles. The van der Waals surface area contributed by atoms with E-state index in [-0.39, 0.29) is 11.9 Å². The molecule has 1 atom stereocenters. The van der Waals surface area contributed by atoms with Gasteiger partial charge in [0.25, 0.3) is 5.91 Å². The molecule has 25 heavy (non-hydrogen) atoms. The van der Waals surface area contributed by atoms with Gasteiger partial charge in [-0.2, -0.15) is 5.10 Å². The zero-order chi connectivity index (χ0) is 17.6. The topological polar surface area (TPSA) is 72.7 Å². The molecule has 0 saturated carbocycles. The van der Waals surface area contributed by atoms with Gasteiger partial charge < -0.3 is 0 Å². The highest BCUT2D eigenvalue weighted by atomic mass is 32.1. The standard InChI is InChI=1S/C18H21N5OS/c1-10(2)23-16-12(9-20-23)7-13(8-19-16)17(24)22-18-21-14-5-4-11(3)6-15(14)25-18/h7-11H,4-6H2,1-3H3,(H,21,22,24)/t11-/m1/s1. The van der Waals surface area contributed by atoms with Crippen molar-refractivity contribution in [2.45, 2.75) is 46.1 Å². The second-order valence-electron chi connectivity index (χ2n) is 7.01. The van der Waals surface area contributed by atoms with E-state index in [1.54, 1.807) is 23.7 Å². The van der Waals surface area contributed by atoms with Gasteiger partial charge in [0.1, 0.15) is 0 Å². The van der Waals surface area contributed by atoms with Crippen molar-refractivity contribution in [2.24, 2.45) is 5.92 Å². The largest absolute Gasteiger partial charge is 0.298 e. The molecular weight excluding hydrogens is 334 g/mol. The molecule has 0 aliphatic heterocycles. The van der Waals surface area contributed by atoms with Crippen LogP contribution in [0.5, 0.6) is 0 Å². The molecule has 6 nitrogen and oxygen atoms in total. The van der Waals surface area contributed by atoms with Crippen LogP contribution in [0.1, 0.15) is 54.2 Å². The van der Waals surface area contributed by atoms with Gasteiger partial charge in [0, 0.05) is 22.5 Å². The normalized spacial score (nSPS) is 17.0. The summed E-state index contributed by atoms with van der Waals surface area (Å²) in [5.41, 5.74) is 2.47. The van der Waals surface area contributed by atoms with E-state index < -0.39 is 0 Å². The van der Waals surface area contributed by atoms with E-state index in [1.807, 2.05) is 10.7 Å². The van der Waals surface area contributed by atoms with E-state index in [2.05, 4.69) is 41.2 Å². The summed E-state index contributed by atoms with van der Waals surface area (Å²) in [6.45, 7) is 6.37. The number of hydrogen-bond acceptors (Lipinski definition) is 5. The maximum Gasteiger partial charge on any atom is 0.259 e. The van der Waals surface area contributed by atoms with Gasteiger partial charge in [-0.3, -0.25) is 10.1 Å². The zero-order valence-electron chi connectivity index (χ0n) is 14.6. The Hall–Kier alpha value is -2.28. The maximum atomic E-state index is 12.6. The molecule has 0 bridgehead atoms. The number of hydrogen-bond donors (Lipinski definition) is 1. The Morgan fingerprint density at radius 3 is 3.04 bits per heavy atom. The fraction of sp³-hybridized carbons (Fsp3) is 0.444. The van der Waals surface area contributed by atoms with Crippen molar-refractivity contribution in [2.75, 3.05) is 5.32 Å². The number of carbonyl (C=O) groups is 1. The number of amides is 1. The highest BCUT2D eigenvalue weighted by Gasteiger charge is 2.21.